The normalized spacial score (nSPS) is 18.3. The number of fused-ring (bicyclic) bond motifs is 1. The van der Waals surface area contributed by atoms with Crippen molar-refractivity contribution in [2.24, 2.45) is 0 Å². The maximum Gasteiger partial charge on any atom is 0.180 e. The smallest absolute Gasteiger partial charge is 0.180 e. The molecule has 1 aliphatic rings. The van der Waals surface area contributed by atoms with Crippen LogP contribution in [0, 0.1) is 0 Å². The predicted octanol–water partition coefficient (Wildman–Crippen LogP) is 3.37. The summed E-state index contributed by atoms with van der Waals surface area (Å²) >= 11 is 3.47. The first-order valence-corrected chi connectivity index (χ1v) is 8.29. The van der Waals surface area contributed by atoms with Gasteiger partial charge in [-0.15, -0.1) is 0 Å². The molecule has 0 radical (unpaired) electrons. The number of rotatable bonds is 2. The average Bonchev–Trinajstić information content (AvgIpc) is 2.62. The molecule has 0 N–H and O–H groups in total. The fraction of sp³-hybridized carbons (Fsp3) is 0.235. The van der Waals surface area contributed by atoms with Crippen molar-refractivity contribution >= 4 is 32.9 Å². The van der Waals surface area contributed by atoms with Gasteiger partial charge in [0, 0.05) is 30.0 Å². The molecule has 1 fully saturated rings. The number of aromatic nitrogens is 3. The summed E-state index contributed by atoms with van der Waals surface area (Å²) in [7, 11) is 0. The van der Waals surface area contributed by atoms with Crippen LogP contribution in [0.5, 0.6) is 0 Å². The molecule has 0 bridgehead atoms. The van der Waals surface area contributed by atoms with Crippen molar-refractivity contribution in [3.05, 3.63) is 58.8 Å². The third-order valence-corrected chi connectivity index (χ3v) is 4.48. The molecule has 3 heterocycles. The lowest BCUT2D eigenvalue weighted by Gasteiger charge is -2.34. The van der Waals surface area contributed by atoms with E-state index in [1.807, 2.05) is 24.3 Å². The number of halogens is 1. The number of nitrogens with zero attached hydrogens (tertiary/aromatic N) is 4. The molecule has 4 rings (SSSR count). The van der Waals surface area contributed by atoms with E-state index in [1.165, 1.54) is 5.56 Å². The van der Waals surface area contributed by atoms with Crippen LogP contribution < -0.4 is 4.90 Å². The van der Waals surface area contributed by atoms with Crippen molar-refractivity contribution in [3.63, 3.8) is 0 Å². The number of ether oxygens (including phenoxy) is 1. The minimum Gasteiger partial charge on any atom is -0.370 e. The molecule has 1 atom stereocenters. The standard InChI is InChI=1S/C17H15BrN4O/c18-13-3-1-12(2-4-13)15-11-22(9-10-23-15)16-6-5-14-17(21-16)20-8-7-19-14/h1-8,15H,9-11H2. The molecule has 0 spiro atoms. The number of benzene rings is 1. The van der Waals surface area contributed by atoms with Gasteiger partial charge in [-0.2, -0.15) is 0 Å². The molecule has 2 aromatic heterocycles. The highest BCUT2D eigenvalue weighted by molar-refractivity contribution is 9.10. The third kappa shape index (κ3) is 3.04. The lowest BCUT2D eigenvalue weighted by atomic mass is 10.1. The number of anilines is 1. The highest BCUT2D eigenvalue weighted by Crippen LogP contribution is 2.26. The van der Waals surface area contributed by atoms with Crippen LogP contribution in [0.4, 0.5) is 5.82 Å². The molecule has 23 heavy (non-hydrogen) atoms. The highest BCUT2D eigenvalue weighted by atomic mass is 79.9. The number of hydrogen-bond acceptors (Lipinski definition) is 5. The second-order valence-electron chi connectivity index (χ2n) is 5.43. The summed E-state index contributed by atoms with van der Waals surface area (Å²) < 4.78 is 7.00. The highest BCUT2D eigenvalue weighted by Gasteiger charge is 2.23. The zero-order valence-corrected chi connectivity index (χ0v) is 14.0. The van der Waals surface area contributed by atoms with E-state index in [2.05, 4.69) is 47.9 Å². The van der Waals surface area contributed by atoms with E-state index in [0.717, 1.165) is 28.9 Å². The molecule has 116 valence electrons. The van der Waals surface area contributed by atoms with Crippen LogP contribution in [-0.4, -0.2) is 34.6 Å². The Bertz CT molecular complexity index is 824. The van der Waals surface area contributed by atoms with Gasteiger partial charge < -0.3 is 9.64 Å². The molecular weight excluding hydrogens is 356 g/mol. The Morgan fingerprint density at radius 2 is 1.87 bits per heavy atom. The molecule has 6 heteroatoms. The van der Waals surface area contributed by atoms with Crippen LogP contribution in [0.3, 0.4) is 0 Å². The summed E-state index contributed by atoms with van der Waals surface area (Å²) in [6.07, 6.45) is 3.40. The monoisotopic (exact) mass is 370 g/mol. The maximum absolute atomic E-state index is 5.93. The van der Waals surface area contributed by atoms with Gasteiger partial charge in [0.2, 0.25) is 0 Å². The molecule has 3 aromatic rings. The summed E-state index contributed by atoms with van der Waals surface area (Å²) in [4.78, 5) is 15.4. The molecule has 0 saturated carbocycles. The topological polar surface area (TPSA) is 51.1 Å². The Balaban J connectivity index is 1.59. The Morgan fingerprint density at radius 3 is 2.74 bits per heavy atom. The predicted molar refractivity (Wildman–Crippen MR) is 92.4 cm³/mol. The SMILES string of the molecule is Brc1ccc(C2CN(c3ccc4nccnc4n3)CCO2)cc1. The third-order valence-electron chi connectivity index (χ3n) is 3.95. The van der Waals surface area contributed by atoms with E-state index in [-0.39, 0.29) is 6.10 Å². The van der Waals surface area contributed by atoms with Crippen molar-refractivity contribution < 1.29 is 4.74 Å². The van der Waals surface area contributed by atoms with Gasteiger partial charge in [-0.3, -0.25) is 4.98 Å². The minimum absolute atomic E-state index is 0.0520. The van der Waals surface area contributed by atoms with Crippen molar-refractivity contribution in [1.82, 2.24) is 15.0 Å². The van der Waals surface area contributed by atoms with Crippen molar-refractivity contribution in [1.29, 1.82) is 0 Å². The van der Waals surface area contributed by atoms with Crippen molar-refractivity contribution in [2.75, 3.05) is 24.6 Å². The molecule has 1 aromatic carbocycles. The van der Waals surface area contributed by atoms with Crippen molar-refractivity contribution in [2.45, 2.75) is 6.10 Å². The molecular formula is C17H15BrN4O. The molecule has 1 aliphatic heterocycles. The zero-order valence-electron chi connectivity index (χ0n) is 12.4. The Hall–Kier alpha value is -2.05. The molecule has 0 amide bonds. The number of morpholine rings is 1. The second-order valence-corrected chi connectivity index (χ2v) is 6.34. The first-order valence-electron chi connectivity index (χ1n) is 7.49. The van der Waals surface area contributed by atoms with E-state index in [1.54, 1.807) is 12.4 Å². The molecule has 1 unspecified atom stereocenters. The van der Waals surface area contributed by atoms with Gasteiger partial charge in [-0.05, 0) is 29.8 Å². The van der Waals surface area contributed by atoms with E-state index in [0.29, 0.717) is 12.3 Å². The summed E-state index contributed by atoms with van der Waals surface area (Å²) in [6, 6.07) is 12.2. The van der Waals surface area contributed by atoms with Crippen LogP contribution in [0.25, 0.3) is 11.2 Å². The molecule has 5 nitrogen and oxygen atoms in total. The van der Waals surface area contributed by atoms with E-state index >= 15 is 0 Å². The second kappa shape index (κ2) is 6.22. The van der Waals surface area contributed by atoms with Gasteiger partial charge in [0.15, 0.2) is 5.65 Å². The summed E-state index contributed by atoms with van der Waals surface area (Å²) in [6.45, 7) is 2.28. The first-order chi connectivity index (χ1) is 11.3. The van der Waals surface area contributed by atoms with Crippen LogP contribution >= 0.6 is 15.9 Å². The Kier molecular flexibility index (Phi) is 3.93. The van der Waals surface area contributed by atoms with E-state index < -0.39 is 0 Å². The van der Waals surface area contributed by atoms with Crippen LogP contribution in [0.2, 0.25) is 0 Å². The molecule has 1 saturated heterocycles. The van der Waals surface area contributed by atoms with Gasteiger partial charge in [0.25, 0.3) is 0 Å². The van der Waals surface area contributed by atoms with Crippen LogP contribution in [-0.2, 0) is 4.74 Å². The largest absolute Gasteiger partial charge is 0.370 e. The molecule has 0 aliphatic carbocycles. The number of pyridine rings is 1. The summed E-state index contributed by atoms with van der Waals surface area (Å²) in [5.41, 5.74) is 2.67. The van der Waals surface area contributed by atoms with Crippen LogP contribution in [0.15, 0.2) is 53.3 Å². The van der Waals surface area contributed by atoms with Crippen LogP contribution in [0.1, 0.15) is 11.7 Å². The fourth-order valence-corrected chi connectivity index (χ4v) is 3.02. The van der Waals surface area contributed by atoms with E-state index in [9.17, 15) is 0 Å². The van der Waals surface area contributed by atoms with Gasteiger partial charge >= 0.3 is 0 Å². The minimum atomic E-state index is 0.0520. The van der Waals surface area contributed by atoms with Gasteiger partial charge in [-0.1, -0.05) is 28.1 Å². The van der Waals surface area contributed by atoms with Gasteiger partial charge in [0.1, 0.15) is 17.4 Å². The average molecular weight is 371 g/mol. The summed E-state index contributed by atoms with van der Waals surface area (Å²) in [5.74, 6) is 0.920. The number of hydrogen-bond donors (Lipinski definition) is 0. The van der Waals surface area contributed by atoms with E-state index in [4.69, 9.17) is 4.74 Å². The lowest BCUT2D eigenvalue weighted by molar-refractivity contribution is 0.0395. The van der Waals surface area contributed by atoms with Gasteiger partial charge in [-0.25, -0.2) is 9.97 Å². The Morgan fingerprint density at radius 1 is 1.04 bits per heavy atom. The first kappa shape index (κ1) is 14.5. The van der Waals surface area contributed by atoms with Gasteiger partial charge in [0.05, 0.1) is 6.61 Å². The lowest BCUT2D eigenvalue weighted by Crippen LogP contribution is -2.38. The fourth-order valence-electron chi connectivity index (χ4n) is 2.76. The quantitative estimate of drug-likeness (QED) is 0.692. The maximum atomic E-state index is 5.93. The Labute approximate surface area is 142 Å². The zero-order chi connectivity index (χ0) is 15.6. The van der Waals surface area contributed by atoms with Crippen molar-refractivity contribution in [3.8, 4) is 0 Å². The summed E-state index contributed by atoms with van der Waals surface area (Å²) in [5, 5.41) is 0.